The molecule has 0 radical (unpaired) electrons. The van der Waals surface area contributed by atoms with E-state index in [2.05, 4.69) is 15.2 Å². The number of anilines is 2. The fraction of sp³-hybridized carbons (Fsp3) is 0.273. The van der Waals surface area contributed by atoms with E-state index in [1.54, 1.807) is 23.6 Å². The molecule has 32 heavy (non-hydrogen) atoms. The second kappa shape index (κ2) is 10.2. The number of nitrogens with zero attached hydrogens (tertiary/aromatic N) is 3. The molecule has 0 saturated carbocycles. The molecule has 0 spiro atoms. The number of ether oxygens (including phenoxy) is 1. The predicted octanol–water partition coefficient (Wildman–Crippen LogP) is 2.81. The third kappa shape index (κ3) is 5.52. The van der Waals surface area contributed by atoms with Crippen LogP contribution in [0, 0.1) is 0 Å². The molecule has 0 unspecified atom stereocenters. The third-order valence-corrected chi connectivity index (χ3v) is 7.66. The van der Waals surface area contributed by atoms with Gasteiger partial charge in [0.1, 0.15) is 6.54 Å². The highest BCUT2D eigenvalue weighted by Gasteiger charge is 2.28. The highest BCUT2D eigenvalue weighted by molar-refractivity contribution is 7.93. The first kappa shape index (κ1) is 22.4. The molecule has 1 aromatic heterocycles. The molecule has 0 aliphatic carbocycles. The number of carbonyl (C=O) groups is 1. The van der Waals surface area contributed by atoms with Gasteiger partial charge in [0.15, 0.2) is 5.13 Å². The molecule has 10 heteroatoms. The topological polar surface area (TPSA) is 91.8 Å². The maximum atomic E-state index is 13.2. The number of hydrogen-bond acceptors (Lipinski definition) is 7. The quantitative estimate of drug-likeness (QED) is 0.542. The van der Waals surface area contributed by atoms with Gasteiger partial charge in [0, 0.05) is 36.9 Å². The number of benzene rings is 2. The fourth-order valence-electron chi connectivity index (χ4n) is 3.36. The van der Waals surface area contributed by atoms with Gasteiger partial charge in [-0.05, 0) is 29.8 Å². The summed E-state index contributed by atoms with van der Waals surface area (Å²) in [7, 11) is -3.93. The number of sulfonamides is 1. The monoisotopic (exact) mass is 472 g/mol. The lowest BCUT2D eigenvalue weighted by Gasteiger charge is -2.26. The van der Waals surface area contributed by atoms with Crippen LogP contribution in [0.1, 0.15) is 5.56 Å². The Hall–Kier alpha value is -2.79. The first-order valence-electron chi connectivity index (χ1n) is 10.2. The largest absolute Gasteiger partial charge is 0.379 e. The Morgan fingerprint density at radius 1 is 1.09 bits per heavy atom. The van der Waals surface area contributed by atoms with Crippen LogP contribution >= 0.6 is 11.3 Å². The van der Waals surface area contributed by atoms with Crippen LogP contribution in [-0.2, 0) is 26.1 Å². The normalized spacial score (nSPS) is 14.8. The molecule has 3 aromatic rings. The molecule has 1 aliphatic heterocycles. The van der Waals surface area contributed by atoms with E-state index in [0.717, 1.165) is 54.1 Å². The van der Waals surface area contributed by atoms with Crippen molar-refractivity contribution in [1.82, 2.24) is 9.88 Å². The molecule has 2 aromatic carbocycles. The minimum absolute atomic E-state index is 0.107. The van der Waals surface area contributed by atoms with Gasteiger partial charge in [-0.25, -0.2) is 17.7 Å². The van der Waals surface area contributed by atoms with Gasteiger partial charge in [0.25, 0.3) is 10.0 Å². The first-order chi connectivity index (χ1) is 15.5. The third-order valence-electron chi connectivity index (χ3n) is 5.00. The van der Waals surface area contributed by atoms with Crippen molar-refractivity contribution >= 4 is 38.1 Å². The summed E-state index contributed by atoms with van der Waals surface area (Å²) >= 11 is 1.16. The Morgan fingerprint density at radius 3 is 2.47 bits per heavy atom. The first-order valence-corrected chi connectivity index (χ1v) is 12.5. The summed E-state index contributed by atoms with van der Waals surface area (Å²) in [4.78, 5) is 19.3. The maximum absolute atomic E-state index is 13.2. The molecule has 1 aliphatic rings. The van der Waals surface area contributed by atoms with Crippen LogP contribution in [-0.4, -0.2) is 57.1 Å². The molecular formula is C22H24N4O4S2. The highest BCUT2D eigenvalue weighted by atomic mass is 32.2. The van der Waals surface area contributed by atoms with Crippen LogP contribution in [0.4, 0.5) is 10.8 Å². The van der Waals surface area contributed by atoms with Crippen LogP contribution in [0.15, 0.2) is 71.1 Å². The Morgan fingerprint density at radius 2 is 1.81 bits per heavy atom. The van der Waals surface area contributed by atoms with E-state index in [-0.39, 0.29) is 16.6 Å². The maximum Gasteiger partial charge on any atom is 0.266 e. The zero-order chi connectivity index (χ0) is 22.4. The Bertz CT molecular complexity index is 1110. The lowest BCUT2D eigenvalue weighted by molar-refractivity contribution is -0.114. The predicted molar refractivity (Wildman–Crippen MR) is 124 cm³/mol. The minimum Gasteiger partial charge on any atom is -0.379 e. The molecule has 1 N–H and O–H groups in total. The number of carbonyl (C=O) groups excluding carboxylic acids is 1. The van der Waals surface area contributed by atoms with E-state index in [9.17, 15) is 13.2 Å². The Labute approximate surface area is 191 Å². The van der Waals surface area contributed by atoms with E-state index in [1.807, 2.05) is 24.3 Å². The SMILES string of the molecule is O=C(CN(c1nccs1)S(=O)(=O)c1ccccc1)Nc1ccc(CN2CCOCC2)cc1. The standard InChI is InChI=1S/C22H24N4O4S2/c27-21(24-19-8-6-18(7-9-19)16-25-11-13-30-14-12-25)17-26(22-23-10-15-31-22)32(28,29)20-4-2-1-3-5-20/h1-10,15H,11-14,16-17H2,(H,24,27). The van der Waals surface area contributed by atoms with Gasteiger partial charge in [-0.3, -0.25) is 9.69 Å². The average Bonchev–Trinajstić information content (AvgIpc) is 3.34. The molecule has 0 bridgehead atoms. The van der Waals surface area contributed by atoms with E-state index in [4.69, 9.17) is 4.74 Å². The summed E-state index contributed by atoms with van der Waals surface area (Å²) < 4.78 is 32.7. The Balaban J connectivity index is 1.44. The average molecular weight is 473 g/mol. The lowest BCUT2D eigenvalue weighted by Crippen LogP contribution is -2.38. The van der Waals surface area contributed by atoms with Crippen molar-refractivity contribution in [3.63, 3.8) is 0 Å². The van der Waals surface area contributed by atoms with Crippen LogP contribution in [0.2, 0.25) is 0 Å². The van der Waals surface area contributed by atoms with Crippen LogP contribution in [0.5, 0.6) is 0 Å². The van der Waals surface area contributed by atoms with E-state index >= 15 is 0 Å². The van der Waals surface area contributed by atoms with Crippen molar-refractivity contribution in [1.29, 1.82) is 0 Å². The molecule has 8 nitrogen and oxygen atoms in total. The molecule has 1 amide bonds. The summed E-state index contributed by atoms with van der Waals surface area (Å²) in [6.07, 6.45) is 1.51. The molecule has 2 heterocycles. The van der Waals surface area contributed by atoms with E-state index < -0.39 is 15.9 Å². The van der Waals surface area contributed by atoms with E-state index in [0.29, 0.717) is 5.69 Å². The highest BCUT2D eigenvalue weighted by Crippen LogP contribution is 2.25. The number of hydrogen-bond donors (Lipinski definition) is 1. The van der Waals surface area contributed by atoms with Crippen molar-refractivity contribution in [2.75, 3.05) is 42.5 Å². The number of thiazole rings is 1. The summed E-state index contributed by atoms with van der Waals surface area (Å²) in [5, 5.41) is 4.70. The molecule has 1 saturated heterocycles. The molecule has 0 atom stereocenters. The van der Waals surface area contributed by atoms with Crippen LogP contribution in [0.25, 0.3) is 0 Å². The molecule has 1 fully saturated rings. The summed E-state index contributed by atoms with van der Waals surface area (Å²) in [5.74, 6) is -0.444. The van der Waals surface area contributed by atoms with Crippen molar-refractivity contribution in [2.24, 2.45) is 0 Å². The number of amides is 1. The van der Waals surface area contributed by atoms with Gasteiger partial charge in [0.05, 0.1) is 18.1 Å². The zero-order valence-electron chi connectivity index (χ0n) is 17.4. The van der Waals surface area contributed by atoms with Gasteiger partial charge in [-0.15, -0.1) is 11.3 Å². The van der Waals surface area contributed by atoms with Crippen LogP contribution in [0.3, 0.4) is 0 Å². The summed E-state index contributed by atoms with van der Waals surface area (Å²) in [5.41, 5.74) is 1.75. The number of rotatable bonds is 8. The summed E-state index contributed by atoms with van der Waals surface area (Å²) in [6.45, 7) is 3.75. The minimum atomic E-state index is -3.93. The van der Waals surface area contributed by atoms with Crippen LogP contribution < -0.4 is 9.62 Å². The number of morpholine rings is 1. The van der Waals surface area contributed by atoms with Gasteiger partial charge < -0.3 is 10.1 Å². The van der Waals surface area contributed by atoms with Gasteiger partial charge in [-0.2, -0.15) is 0 Å². The van der Waals surface area contributed by atoms with Crippen molar-refractivity contribution < 1.29 is 17.9 Å². The number of aromatic nitrogens is 1. The van der Waals surface area contributed by atoms with Crippen molar-refractivity contribution in [3.8, 4) is 0 Å². The second-order valence-corrected chi connectivity index (χ2v) is 10.0. The molecule has 4 rings (SSSR count). The Kier molecular flexibility index (Phi) is 7.15. The summed E-state index contributed by atoms with van der Waals surface area (Å²) in [6, 6.07) is 15.6. The van der Waals surface area contributed by atoms with Gasteiger partial charge in [-0.1, -0.05) is 30.3 Å². The fourth-order valence-corrected chi connectivity index (χ4v) is 5.62. The van der Waals surface area contributed by atoms with E-state index in [1.165, 1.54) is 18.3 Å². The molecule has 168 valence electrons. The van der Waals surface area contributed by atoms with Gasteiger partial charge in [0.2, 0.25) is 5.91 Å². The van der Waals surface area contributed by atoms with Crippen molar-refractivity contribution in [3.05, 3.63) is 71.7 Å². The number of nitrogens with one attached hydrogen (secondary N) is 1. The lowest BCUT2D eigenvalue weighted by atomic mass is 10.2. The van der Waals surface area contributed by atoms with Gasteiger partial charge >= 0.3 is 0 Å². The molecular weight excluding hydrogens is 448 g/mol. The second-order valence-electron chi connectivity index (χ2n) is 7.27. The smallest absolute Gasteiger partial charge is 0.266 e. The van der Waals surface area contributed by atoms with Crippen molar-refractivity contribution in [2.45, 2.75) is 11.4 Å². The zero-order valence-corrected chi connectivity index (χ0v) is 19.0.